The van der Waals surface area contributed by atoms with E-state index in [1.807, 2.05) is 13.0 Å². The zero-order chi connectivity index (χ0) is 10.7. The van der Waals surface area contributed by atoms with Gasteiger partial charge in [0.25, 0.3) is 0 Å². The Morgan fingerprint density at radius 1 is 1.43 bits per heavy atom. The van der Waals surface area contributed by atoms with Gasteiger partial charge in [0.15, 0.2) is 0 Å². The van der Waals surface area contributed by atoms with Gasteiger partial charge < -0.3 is 4.18 Å². The lowest BCUT2D eigenvalue weighted by atomic mass is 10.1. The first-order valence-corrected chi connectivity index (χ1v) is 5.17. The van der Waals surface area contributed by atoms with E-state index in [0.29, 0.717) is 5.75 Å². The molecule has 0 atom stereocenters. The van der Waals surface area contributed by atoms with Crippen molar-refractivity contribution in [2.75, 3.05) is 6.26 Å². The minimum absolute atomic E-state index is 0.0249. The Bertz CT molecular complexity index is 365. The smallest absolute Gasteiger partial charge is 0.313 e. The van der Waals surface area contributed by atoms with E-state index < -0.39 is 4.92 Å². The average molecular weight is 213 g/mol. The number of nitrogens with zero attached hydrogens (tertiary/aromatic N) is 1. The number of hydrogen-bond acceptors (Lipinski definition) is 4. The summed E-state index contributed by atoms with van der Waals surface area (Å²) in [7, 11) is 0. The van der Waals surface area contributed by atoms with Crippen LogP contribution in [0.4, 0.5) is 5.69 Å². The van der Waals surface area contributed by atoms with Crippen molar-refractivity contribution in [3.05, 3.63) is 33.4 Å². The zero-order valence-electron chi connectivity index (χ0n) is 8.23. The maximum absolute atomic E-state index is 10.7. The predicted octanol–water partition coefficient (Wildman–Crippen LogP) is 2.87. The molecular formula is C9H11NO3S. The first-order chi connectivity index (χ1) is 6.56. The normalized spacial score (nSPS) is 9.93. The van der Waals surface area contributed by atoms with E-state index in [0.717, 1.165) is 23.2 Å². The highest BCUT2D eigenvalue weighted by Gasteiger charge is 2.18. The van der Waals surface area contributed by atoms with Gasteiger partial charge in [0.05, 0.1) is 17.0 Å². The molecule has 0 aliphatic rings. The van der Waals surface area contributed by atoms with Gasteiger partial charge in [-0.1, -0.05) is 6.07 Å². The van der Waals surface area contributed by atoms with Gasteiger partial charge in [-0.2, -0.15) is 0 Å². The lowest BCUT2D eigenvalue weighted by molar-refractivity contribution is -0.385. The maximum Gasteiger partial charge on any atom is 0.313 e. The lowest BCUT2D eigenvalue weighted by Gasteiger charge is -2.06. The van der Waals surface area contributed by atoms with Crippen molar-refractivity contribution in [1.82, 2.24) is 0 Å². The summed E-state index contributed by atoms with van der Waals surface area (Å²) in [5.41, 5.74) is 1.67. The molecule has 5 heteroatoms. The third-order valence-corrected chi connectivity index (χ3v) is 2.10. The number of nitro groups is 1. The van der Waals surface area contributed by atoms with Crippen LogP contribution in [0.25, 0.3) is 0 Å². The molecule has 0 aliphatic carbocycles. The predicted molar refractivity (Wildman–Crippen MR) is 56.7 cm³/mol. The Morgan fingerprint density at radius 3 is 2.57 bits per heavy atom. The second kappa shape index (κ2) is 4.32. The van der Waals surface area contributed by atoms with Crippen molar-refractivity contribution in [2.45, 2.75) is 13.8 Å². The summed E-state index contributed by atoms with van der Waals surface area (Å²) in [5.74, 6) is 0.341. The van der Waals surface area contributed by atoms with Crippen molar-refractivity contribution in [1.29, 1.82) is 0 Å². The van der Waals surface area contributed by atoms with E-state index in [1.165, 1.54) is 6.07 Å². The molecule has 0 unspecified atom stereocenters. The molecule has 0 bridgehead atoms. The summed E-state index contributed by atoms with van der Waals surface area (Å²) in [6.07, 6.45) is 1.73. The summed E-state index contributed by atoms with van der Waals surface area (Å²) >= 11 is 1.10. The van der Waals surface area contributed by atoms with Crippen LogP contribution in [-0.2, 0) is 0 Å². The van der Waals surface area contributed by atoms with Crippen LogP contribution in [0.2, 0.25) is 0 Å². The second-order valence-corrected chi connectivity index (χ2v) is 3.44. The van der Waals surface area contributed by atoms with Crippen molar-refractivity contribution in [3.8, 4) is 5.75 Å². The molecule has 0 radical (unpaired) electrons. The standard InChI is InChI=1S/C9H11NO3S/c1-6-4-7(2)9(13-14-3)8(5-6)10(11)12/h4-5H,1-3H3. The Morgan fingerprint density at radius 2 is 2.07 bits per heavy atom. The molecule has 1 aromatic carbocycles. The van der Waals surface area contributed by atoms with Gasteiger partial charge in [-0.25, -0.2) is 0 Å². The molecule has 0 aromatic heterocycles. The minimum Gasteiger partial charge on any atom is -0.419 e. The summed E-state index contributed by atoms with van der Waals surface area (Å²) in [5, 5.41) is 10.7. The first kappa shape index (κ1) is 10.8. The first-order valence-electron chi connectivity index (χ1n) is 4.02. The summed E-state index contributed by atoms with van der Waals surface area (Å²) < 4.78 is 5.16. The molecule has 1 aromatic rings. The van der Waals surface area contributed by atoms with Crippen LogP contribution in [0.1, 0.15) is 11.1 Å². The number of rotatable bonds is 3. The molecule has 0 saturated heterocycles. The molecule has 14 heavy (non-hydrogen) atoms. The van der Waals surface area contributed by atoms with Crippen molar-refractivity contribution in [3.63, 3.8) is 0 Å². The van der Waals surface area contributed by atoms with Gasteiger partial charge in [-0.3, -0.25) is 10.1 Å². The van der Waals surface area contributed by atoms with Gasteiger partial charge >= 0.3 is 5.69 Å². The zero-order valence-corrected chi connectivity index (χ0v) is 9.05. The fourth-order valence-corrected chi connectivity index (χ4v) is 1.64. The number of aryl methyl sites for hydroxylation is 2. The van der Waals surface area contributed by atoms with Gasteiger partial charge in [-0.15, -0.1) is 0 Å². The van der Waals surface area contributed by atoms with Crippen LogP contribution in [0.15, 0.2) is 12.1 Å². The Kier molecular flexibility index (Phi) is 3.35. The largest absolute Gasteiger partial charge is 0.419 e. The van der Waals surface area contributed by atoms with Gasteiger partial charge in [0, 0.05) is 17.9 Å². The Balaban J connectivity index is 3.28. The SMILES string of the molecule is CSOc1c(C)cc(C)cc1[N+](=O)[O-]. The average Bonchev–Trinajstić information content (AvgIpc) is 2.09. The molecule has 0 aliphatic heterocycles. The van der Waals surface area contributed by atoms with Crippen LogP contribution in [0.5, 0.6) is 5.75 Å². The molecule has 0 fully saturated rings. The highest BCUT2D eigenvalue weighted by atomic mass is 32.2. The molecule has 0 N–H and O–H groups in total. The molecule has 0 amide bonds. The number of benzene rings is 1. The van der Waals surface area contributed by atoms with Gasteiger partial charge in [-0.05, 0) is 19.4 Å². The molecule has 4 nitrogen and oxygen atoms in total. The quantitative estimate of drug-likeness (QED) is 0.440. The van der Waals surface area contributed by atoms with Gasteiger partial charge in [0.1, 0.15) is 0 Å². The van der Waals surface area contributed by atoms with Crippen LogP contribution in [0.3, 0.4) is 0 Å². The number of hydrogen-bond donors (Lipinski definition) is 0. The monoisotopic (exact) mass is 213 g/mol. The lowest BCUT2D eigenvalue weighted by Crippen LogP contribution is -1.95. The highest BCUT2D eigenvalue weighted by molar-refractivity contribution is 7.94. The second-order valence-electron chi connectivity index (χ2n) is 2.94. The molecular weight excluding hydrogens is 202 g/mol. The maximum atomic E-state index is 10.7. The Hall–Kier alpha value is -1.23. The van der Waals surface area contributed by atoms with E-state index in [1.54, 1.807) is 13.2 Å². The van der Waals surface area contributed by atoms with E-state index in [9.17, 15) is 10.1 Å². The van der Waals surface area contributed by atoms with Crippen molar-refractivity contribution in [2.24, 2.45) is 0 Å². The van der Waals surface area contributed by atoms with Crippen LogP contribution < -0.4 is 4.18 Å². The fourth-order valence-electron chi connectivity index (χ4n) is 1.26. The van der Waals surface area contributed by atoms with Gasteiger partial charge in [0.2, 0.25) is 5.75 Å². The van der Waals surface area contributed by atoms with E-state index in [-0.39, 0.29) is 5.69 Å². The third-order valence-electron chi connectivity index (χ3n) is 1.76. The summed E-state index contributed by atoms with van der Waals surface area (Å²) in [6, 6.07) is 3.37. The van der Waals surface area contributed by atoms with Crippen LogP contribution in [-0.4, -0.2) is 11.2 Å². The summed E-state index contributed by atoms with van der Waals surface area (Å²) in [6.45, 7) is 3.62. The minimum atomic E-state index is -0.425. The molecule has 0 spiro atoms. The van der Waals surface area contributed by atoms with Crippen LogP contribution >= 0.6 is 12.0 Å². The van der Waals surface area contributed by atoms with Crippen molar-refractivity contribution < 1.29 is 9.11 Å². The molecule has 0 saturated carbocycles. The van der Waals surface area contributed by atoms with E-state index >= 15 is 0 Å². The van der Waals surface area contributed by atoms with E-state index in [2.05, 4.69) is 0 Å². The van der Waals surface area contributed by atoms with E-state index in [4.69, 9.17) is 4.18 Å². The fraction of sp³-hybridized carbons (Fsp3) is 0.333. The summed E-state index contributed by atoms with van der Waals surface area (Å²) in [4.78, 5) is 10.3. The topological polar surface area (TPSA) is 52.4 Å². The molecule has 1 rings (SSSR count). The third kappa shape index (κ3) is 2.17. The molecule has 76 valence electrons. The highest BCUT2D eigenvalue weighted by Crippen LogP contribution is 2.33. The van der Waals surface area contributed by atoms with Crippen molar-refractivity contribution >= 4 is 17.7 Å². The van der Waals surface area contributed by atoms with Crippen LogP contribution in [0, 0.1) is 24.0 Å². The molecule has 0 heterocycles. The number of nitro benzene ring substituents is 1. The Labute approximate surface area is 86.6 Å².